The molecule has 2 saturated heterocycles. The number of benzene rings is 1. The second-order valence-corrected chi connectivity index (χ2v) is 7.37. The lowest BCUT2D eigenvalue weighted by Gasteiger charge is -2.37. The number of aryl methyl sites for hydroxylation is 1. The van der Waals surface area contributed by atoms with Gasteiger partial charge in [-0.25, -0.2) is 8.78 Å². The SMILES string of the molecule is CCc1ccccc1OC(C)C(=O)N1CCN(C(=O)C2CC(F)(F)CN2)CC1. The maximum Gasteiger partial charge on any atom is 0.263 e. The number of amides is 2. The molecule has 3 rings (SSSR count). The van der Waals surface area contributed by atoms with Gasteiger partial charge in [-0.15, -0.1) is 0 Å². The number of nitrogens with zero attached hydrogens (tertiary/aromatic N) is 2. The predicted octanol–water partition coefficient (Wildman–Crippen LogP) is 1.68. The van der Waals surface area contributed by atoms with E-state index in [1.807, 2.05) is 31.2 Å². The monoisotopic (exact) mass is 395 g/mol. The average molecular weight is 395 g/mol. The van der Waals surface area contributed by atoms with E-state index in [1.54, 1.807) is 16.7 Å². The van der Waals surface area contributed by atoms with Crippen molar-refractivity contribution in [2.24, 2.45) is 0 Å². The molecule has 1 aromatic rings. The first-order chi connectivity index (χ1) is 13.3. The van der Waals surface area contributed by atoms with E-state index in [4.69, 9.17) is 4.74 Å². The molecule has 6 nitrogen and oxygen atoms in total. The van der Waals surface area contributed by atoms with Crippen LogP contribution in [-0.4, -0.2) is 72.4 Å². The zero-order chi connectivity index (χ0) is 20.3. The highest BCUT2D eigenvalue weighted by atomic mass is 19.3. The van der Waals surface area contributed by atoms with Crippen LogP contribution in [0, 0.1) is 0 Å². The molecule has 2 aliphatic heterocycles. The number of hydrogen-bond acceptors (Lipinski definition) is 4. The maximum absolute atomic E-state index is 13.3. The van der Waals surface area contributed by atoms with Gasteiger partial charge in [0.25, 0.3) is 11.8 Å². The van der Waals surface area contributed by atoms with E-state index < -0.39 is 31.0 Å². The summed E-state index contributed by atoms with van der Waals surface area (Å²) in [6.07, 6.45) is -0.288. The van der Waals surface area contributed by atoms with Crippen molar-refractivity contribution in [3.63, 3.8) is 0 Å². The fourth-order valence-electron chi connectivity index (χ4n) is 3.67. The second-order valence-electron chi connectivity index (χ2n) is 7.37. The van der Waals surface area contributed by atoms with Gasteiger partial charge in [0, 0.05) is 32.6 Å². The zero-order valence-electron chi connectivity index (χ0n) is 16.3. The fraction of sp³-hybridized carbons (Fsp3) is 0.600. The third-order valence-corrected chi connectivity index (χ3v) is 5.32. The Morgan fingerprint density at radius 2 is 1.86 bits per heavy atom. The summed E-state index contributed by atoms with van der Waals surface area (Å²) in [7, 11) is 0. The molecule has 2 amide bonds. The molecule has 154 valence electrons. The first-order valence-electron chi connectivity index (χ1n) is 9.74. The Hall–Kier alpha value is -2.22. The van der Waals surface area contributed by atoms with E-state index in [1.165, 1.54) is 0 Å². The normalized spacial score (nSPS) is 22.8. The number of para-hydroxylation sites is 1. The second kappa shape index (κ2) is 8.43. The van der Waals surface area contributed by atoms with E-state index in [2.05, 4.69) is 5.32 Å². The third-order valence-electron chi connectivity index (χ3n) is 5.32. The van der Waals surface area contributed by atoms with Crippen molar-refractivity contribution in [1.82, 2.24) is 15.1 Å². The van der Waals surface area contributed by atoms with Gasteiger partial charge in [0.1, 0.15) is 5.75 Å². The molecule has 1 N–H and O–H groups in total. The third kappa shape index (κ3) is 4.60. The maximum atomic E-state index is 13.3. The summed E-state index contributed by atoms with van der Waals surface area (Å²) in [6, 6.07) is 6.78. The lowest BCUT2D eigenvalue weighted by atomic mass is 10.1. The van der Waals surface area contributed by atoms with Gasteiger partial charge in [0.05, 0.1) is 12.6 Å². The standard InChI is InChI=1S/C20H27F2N3O3/c1-3-15-6-4-5-7-17(15)28-14(2)18(26)24-8-10-25(11-9-24)19(27)16-12-20(21,22)13-23-16/h4-7,14,16,23H,3,8-13H2,1-2H3. The number of ether oxygens (including phenoxy) is 1. The summed E-state index contributed by atoms with van der Waals surface area (Å²) in [6.45, 7) is 4.71. The van der Waals surface area contributed by atoms with Crippen molar-refractivity contribution in [2.75, 3.05) is 32.7 Å². The van der Waals surface area contributed by atoms with Gasteiger partial charge < -0.3 is 14.5 Å². The lowest BCUT2D eigenvalue weighted by Crippen LogP contribution is -2.55. The van der Waals surface area contributed by atoms with Crippen LogP contribution in [-0.2, 0) is 16.0 Å². The molecular weight excluding hydrogens is 368 g/mol. The molecule has 0 aliphatic carbocycles. The van der Waals surface area contributed by atoms with Crippen molar-refractivity contribution in [1.29, 1.82) is 0 Å². The number of alkyl halides is 2. The molecule has 0 radical (unpaired) electrons. The van der Waals surface area contributed by atoms with Gasteiger partial charge in [0.2, 0.25) is 5.91 Å². The molecule has 2 unspecified atom stereocenters. The smallest absolute Gasteiger partial charge is 0.263 e. The van der Waals surface area contributed by atoms with Crippen molar-refractivity contribution < 1.29 is 23.1 Å². The topological polar surface area (TPSA) is 61.9 Å². The van der Waals surface area contributed by atoms with Crippen LogP contribution in [0.4, 0.5) is 8.78 Å². The Morgan fingerprint density at radius 1 is 1.21 bits per heavy atom. The van der Waals surface area contributed by atoms with Crippen LogP contribution in [0.15, 0.2) is 24.3 Å². The predicted molar refractivity (Wildman–Crippen MR) is 100 cm³/mol. The number of carbonyl (C=O) groups is 2. The minimum Gasteiger partial charge on any atom is -0.481 e. The Labute approximate surface area is 163 Å². The first-order valence-corrected chi connectivity index (χ1v) is 9.74. The molecule has 0 saturated carbocycles. The summed E-state index contributed by atoms with van der Waals surface area (Å²) in [5.74, 6) is -2.58. The van der Waals surface area contributed by atoms with Crippen molar-refractivity contribution in [3.05, 3.63) is 29.8 Å². The van der Waals surface area contributed by atoms with Crippen molar-refractivity contribution in [3.8, 4) is 5.75 Å². The lowest BCUT2D eigenvalue weighted by molar-refractivity contribution is -0.144. The van der Waals surface area contributed by atoms with Gasteiger partial charge in [-0.1, -0.05) is 25.1 Å². The van der Waals surface area contributed by atoms with E-state index in [-0.39, 0.29) is 11.8 Å². The highest BCUT2D eigenvalue weighted by Crippen LogP contribution is 2.26. The van der Waals surface area contributed by atoms with E-state index in [9.17, 15) is 18.4 Å². The van der Waals surface area contributed by atoms with Crippen LogP contribution in [0.1, 0.15) is 25.8 Å². The molecule has 0 spiro atoms. The number of hydrogen-bond donors (Lipinski definition) is 1. The van der Waals surface area contributed by atoms with E-state index >= 15 is 0 Å². The van der Waals surface area contributed by atoms with Crippen LogP contribution in [0.3, 0.4) is 0 Å². The molecule has 2 atom stereocenters. The summed E-state index contributed by atoms with van der Waals surface area (Å²) in [5.41, 5.74) is 1.04. The first kappa shape index (κ1) is 20.5. The van der Waals surface area contributed by atoms with Gasteiger partial charge in [-0.2, -0.15) is 0 Å². The molecule has 0 aromatic heterocycles. The number of carbonyl (C=O) groups excluding carboxylic acids is 2. The van der Waals surface area contributed by atoms with Gasteiger partial charge in [-0.05, 0) is 25.0 Å². The summed E-state index contributed by atoms with van der Waals surface area (Å²) >= 11 is 0. The fourth-order valence-corrected chi connectivity index (χ4v) is 3.67. The van der Waals surface area contributed by atoms with Crippen LogP contribution in [0.5, 0.6) is 5.75 Å². The summed E-state index contributed by atoms with van der Waals surface area (Å²) in [4.78, 5) is 28.3. The molecule has 28 heavy (non-hydrogen) atoms. The number of rotatable bonds is 5. The van der Waals surface area contributed by atoms with Gasteiger partial charge in [0.15, 0.2) is 6.10 Å². The van der Waals surface area contributed by atoms with Crippen LogP contribution >= 0.6 is 0 Å². The minimum atomic E-state index is -2.83. The van der Waals surface area contributed by atoms with Gasteiger partial charge in [-0.3, -0.25) is 14.9 Å². The van der Waals surface area contributed by atoms with E-state index in [0.717, 1.165) is 12.0 Å². The zero-order valence-corrected chi connectivity index (χ0v) is 16.3. The molecule has 2 heterocycles. The minimum absolute atomic E-state index is 0.136. The number of nitrogens with one attached hydrogen (secondary N) is 1. The highest BCUT2D eigenvalue weighted by Gasteiger charge is 2.44. The van der Waals surface area contributed by atoms with Crippen LogP contribution < -0.4 is 10.1 Å². The largest absolute Gasteiger partial charge is 0.481 e. The van der Waals surface area contributed by atoms with Crippen molar-refractivity contribution >= 4 is 11.8 Å². The molecule has 1 aromatic carbocycles. The molecule has 2 aliphatic rings. The van der Waals surface area contributed by atoms with Crippen LogP contribution in [0.2, 0.25) is 0 Å². The quantitative estimate of drug-likeness (QED) is 0.824. The molecule has 2 fully saturated rings. The van der Waals surface area contributed by atoms with E-state index in [0.29, 0.717) is 31.9 Å². The summed E-state index contributed by atoms with van der Waals surface area (Å²) < 4.78 is 32.5. The Morgan fingerprint density at radius 3 is 2.46 bits per heavy atom. The Kier molecular flexibility index (Phi) is 6.17. The number of halogens is 2. The molecular formula is C20H27F2N3O3. The molecule has 0 bridgehead atoms. The summed E-state index contributed by atoms with van der Waals surface area (Å²) in [5, 5.41) is 2.59. The molecule has 8 heteroatoms. The number of piperazine rings is 1. The van der Waals surface area contributed by atoms with Gasteiger partial charge >= 0.3 is 0 Å². The average Bonchev–Trinajstić information content (AvgIpc) is 3.07. The Balaban J connectivity index is 1.51. The Bertz CT molecular complexity index is 720. The van der Waals surface area contributed by atoms with Crippen molar-refractivity contribution in [2.45, 2.75) is 44.8 Å². The highest BCUT2D eigenvalue weighted by molar-refractivity contribution is 5.84. The van der Waals surface area contributed by atoms with Crippen LogP contribution in [0.25, 0.3) is 0 Å².